The molecule has 1 atom stereocenters. The SMILES string of the molecule is COCC(C)C1(C(=O)O)CCC(C)CC1. The molecule has 3 nitrogen and oxygen atoms in total. The standard InChI is InChI=1S/C12H22O3/c1-9-4-6-12(7-5-9,11(13)14)10(2)8-15-3/h9-10H,4-8H2,1-3H3,(H,13,14). The molecule has 1 aliphatic carbocycles. The zero-order chi connectivity index (χ0) is 11.5. The largest absolute Gasteiger partial charge is 0.481 e. The van der Waals surface area contributed by atoms with Gasteiger partial charge in [0.15, 0.2) is 0 Å². The Labute approximate surface area is 91.8 Å². The summed E-state index contributed by atoms with van der Waals surface area (Å²) in [5.74, 6) is 0.138. The van der Waals surface area contributed by atoms with Gasteiger partial charge in [-0.2, -0.15) is 0 Å². The predicted molar refractivity (Wildman–Crippen MR) is 58.7 cm³/mol. The highest BCUT2D eigenvalue weighted by Crippen LogP contribution is 2.44. The lowest BCUT2D eigenvalue weighted by atomic mass is 9.64. The fourth-order valence-corrected chi connectivity index (χ4v) is 2.60. The third-order valence-electron chi connectivity index (χ3n) is 3.95. The Balaban J connectivity index is 2.75. The number of carboxylic acids is 1. The number of aliphatic carboxylic acids is 1. The van der Waals surface area contributed by atoms with Gasteiger partial charge in [0.1, 0.15) is 0 Å². The van der Waals surface area contributed by atoms with E-state index in [0.29, 0.717) is 12.5 Å². The lowest BCUT2D eigenvalue weighted by Crippen LogP contribution is -2.42. The van der Waals surface area contributed by atoms with Crippen LogP contribution in [0.3, 0.4) is 0 Å². The van der Waals surface area contributed by atoms with Crippen LogP contribution < -0.4 is 0 Å². The van der Waals surface area contributed by atoms with E-state index in [1.165, 1.54) is 0 Å². The van der Waals surface area contributed by atoms with E-state index in [-0.39, 0.29) is 5.92 Å². The number of hydrogen-bond donors (Lipinski definition) is 1. The fourth-order valence-electron chi connectivity index (χ4n) is 2.60. The second-order valence-corrected chi connectivity index (χ2v) is 5.00. The van der Waals surface area contributed by atoms with Crippen molar-refractivity contribution in [3.63, 3.8) is 0 Å². The van der Waals surface area contributed by atoms with Gasteiger partial charge in [0, 0.05) is 13.7 Å². The predicted octanol–water partition coefficient (Wildman–Crippen LogP) is 2.55. The molecule has 0 aromatic rings. The van der Waals surface area contributed by atoms with Crippen molar-refractivity contribution in [3.05, 3.63) is 0 Å². The van der Waals surface area contributed by atoms with E-state index >= 15 is 0 Å². The molecule has 0 saturated heterocycles. The van der Waals surface area contributed by atoms with Gasteiger partial charge in [0.05, 0.1) is 5.41 Å². The highest BCUT2D eigenvalue weighted by molar-refractivity contribution is 5.75. The zero-order valence-electron chi connectivity index (χ0n) is 9.95. The molecular weight excluding hydrogens is 192 g/mol. The van der Waals surface area contributed by atoms with Gasteiger partial charge in [-0.15, -0.1) is 0 Å². The molecule has 0 amide bonds. The first-order chi connectivity index (χ1) is 7.03. The molecule has 15 heavy (non-hydrogen) atoms. The quantitative estimate of drug-likeness (QED) is 0.782. The van der Waals surface area contributed by atoms with Crippen molar-refractivity contribution in [3.8, 4) is 0 Å². The van der Waals surface area contributed by atoms with E-state index in [9.17, 15) is 9.90 Å². The van der Waals surface area contributed by atoms with Crippen molar-refractivity contribution < 1.29 is 14.6 Å². The third-order valence-corrected chi connectivity index (χ3v) is 3.95. The van der Waals surface area contributed by atoms with Crippen LogP contribution in [0.1, 0.15) is 39.5 Å². The number of carboxylic acid groups (broad SMARTS) is 1. The molecule has 88 valence electrons. The number of rotatable bonds is 4. The summed E-state index contributed by atoms with van der Waals surface area (Å²) < 4.78 is 5.10. The van der Waals surface area contributed by atoms with E-state index in [4.69, 9.17) is 4.74 Å². The number of hydrogen-bond acceptors (Lipinski definition) is 2. The first-order valence-electron chi connectivity index (χ1n) is 5.75. The number of methoxy groups -OCH3 is 1. The molecule has 1 rings (SSSR count). The van der Waals surface area contributed by atoms with Crippen LogP contribution in [0.4, 0.5) is 0 Å². The van der Waals surface area contributed by atoms with Gasteiger partial charge < -0.3 is 9.84 Å². The molecule has 1 fully saturated rings. The molecule has 0 heterocycles. The van der Waals surface area contributed by atoms with Gasteiger partial charge in [0.2, 0.25) is 0 Å². The molecular formula is C12H22O3. The minimum absolute atomic E-state index is 0.104. The monoisotopic (exact) mass is 214 g/mol. The molecule has 0 radical (unpaired) electrons. The highest BCUT2D eigenvalue weighted by atomic mass is 16.5. The third kappa shape index (κ3) is 2.51. The zero-order valence-corrected chi connectivity index (χ0v) is 9.95. The van der Waals surface area contributed by atoms with Gasteiger partial charge in [-0.3, -0.25) is 4.79 Å². The Morgan fingerprint density at radius 2 is 2.07 bits per heavy atom. The maximum absolute atomic E-state index is 11.4. The Hall–Kier alpha value is -0.570. The summed E-state index contributed by atoms with van der Waals surface area (Å²) in [5.41, 5.74) is -0.539. The Bertz CT molecular complexity index is 217. The van der Waals surface area contributed by atoms with E-state index in [1.807, 2.05) is 6.92 Å². The van der Waals surface area contributed by atoms with Crippen molar-refractivity contribution in [2.24, 2.45) is 17.3 Å². The minimum atomic E-state index is -0.640. The van der Waals surface area contributed by atoms with Crippen molar-refractivity contribution in [1.29, 1.82) is 0 Å². The lowest BCUT2D eigenvalue weighted by Gasteiger charge is -2.40. The fraction of sp³-hybridized carbons (Fsp3) is 0.917. The Morgan fingerprint density at radius 1 is 1.53 bits per heavy atom. The number of carbonyl (C=O) groups is 1. The summed E-state index contributed by atoms with van der Waals surface area (Å²) in [4.78, 5) is 11.4. The molecule has 1 aliphatic rings. The second kappa shape index (κ2) is 4.97. The van der Waals surface area contributed by atoms with E-state index < -0.39 is 11.4 Å². The number of ether oxygens (including phenoxy) is 1. The topological polar surface area (TPSA) is 46.5 Å². The summed E-state index contributed by atoms with van der Waals surface area (Å²) in [6.07, 6.45) is 3.66. The maximum Gasteiger partial charge on any atom is 0.309 e. The summed E-state index contributed by atoms with van der Waals surface area (Å²) in [6, 6.07) is 0. The van der Waals surface area contributed by atoms with E-state index in [0.717, 1.165) is 25.7 Å². The second-order valence-electron chi connectivity index (χ2n) is 5.00. The van der Waals surface area contributed by atoms with Gasteiger partial charge in [-0.1, -0.05) is 13.8 Å². The van der Waals surface area contributed by atoms with Gasteiger partial charge in [-0.25, -0.2) is 0 Å². The average Bonchev–Trinajstić information content (AvgIpc) is 2.19. The van der Waals surface area contributed by atoms with Crippen molar-refractivity contribution in [2.45, 2.75) is 39.5 Å². The molecule has 0 bridgehead atoms. The minimum Gasteiger partial charge on any atom is -0.481 e. The molecule has 1 N–H and O–H groups in total. The van der Waals surface area contributed by atoms with Crippen LogP contribution in [0.15, 0.2) is 0 Å². The molecule has 1 unspecified atom stereocenters. The Kier molecular flexibility index (Phi) is 4.14. The van der Waals surface area contributed by atoms with Crippen molar-refractivity contribution in [1.82, 2.24) is 0 Å². The first-order valence-corrected chi connectivity index (χ1v) is 5.75. The summed E-state index contributed by atoms with van der Waals surface area (Å²) >= 11 is 0. The summed E-state index contributed by atoms with van der Waals surface area (Å²) in [6.45, 7) is 4.74. The maximum atomic E-state index is 11.4. The highest BCUT2D eigenvalue weighted by Gasteiger charge is 2.45. The van der Waals surface area contributed by atoms with Gasteiger partial charge in [-0.05, 0) is 37.5 Å². The Morgan fingerprint density at radius 3 is 2.47 bits per heavy atom. The van der Waals surface area contributed by atoms with Crippen LogP contribution in [-0.2, 0) is 9.53 Å². The van der Waals surface area contributed by atoms with Crippen molar-refractivity contribution >= 4 is 5.97 Å². The van der Waals surface area contributed by atoms with Crippen LogP contribution in [0.5, 0.6) is 0 Å². The average molecular weight is 214 g/mol. The van der Waals surface area contributed by atoms with Crippen LogP contribution in [0.25, 0.3) is 0 Å². The first kappa shape index (κ1) is 12.5. The van der Waals surface area contributed by atoms with Crippen LogP contribution in [-0.4, -0.2) is 24.8 Å². The van der Waals surface area contributed by atoms with Crippen LogP contribution >= 0.6 is 0 Å². The molecule has 1 saturated carbocycles. The normalized spacial score (nSPS) is 33.7. The lowest BCUT2D eigenvalue weighted by molar-refractivity contribution is -0.157. The van der Waals surface area contributed by atoms with Crippen molar-refractivity contribution in [2.75, 3.05) is 13.7 Å². The summed E-state index contributed by atoms with van der Waals surface area (Å²) in [5, 5.41) is 9.42. The van der Waals surface area contributed by atoms with Crippen LogP contribution in [0.2, 0.25) is 0 Å². The molecule has 0 aromatic heterocycles. The molecule has 0 spiro atoms. The van der Waals surface area contributed by atoms with Gasteiger partial charge in [0.25, 0.3) is 0 Å². The van der Waals surface area contributed by atoms with Gasteiger partial charge >= 0.3 is 5.97 Å². The molecule has 0 aliphatic heterocycles. The smallest absolute Gasteiger partial charge is 0.309 e. The van der Waals surface area contributed by atoms with Crippen LogP contribution in [0, 0.1) is 17.3 Å². The van der Waals surface area contributed by atoms with E-state index in [2.05, 4.69) is 6.92 Å². The molecule has 3 heteroatoms. The summed E-state index contributed by atoms with van der Waals surface area (Å²) in [7, 11) is 1.64. The van der Waals surface area contributed by atoms with E-state index in [1.54, 1.807) is 7.11 Å². The molecule has 0 aromatic carbocycles.